The maximum absolute atomic E-state index is 12.5. The maximum atomic E-state index is 12.5. The van der Waals surface area contributed by atoms with Crippen molar-refractivity contribution in [3.63, 3.8) is 0 Å². The molecule has 0 saturated carbocycles. The first kappa shape index (κ1) is 19.4. The van der Waals surface area contributed by atoms with E-state index in [1.165, 1.54) is 0 Å². The summed E-state index contributed by atoms with van der Waals surface area (Å²) in [5.41, 5.74) is 0.767. The highest BCUT2D eigenvalue weighted by atomic mass is 16.3. The average molecular weight is 404 g/mol. The number of nitrogens with zero attached hydrogens (tertiary/aromatic N) is 2. The van der Waals surface area contributed by atoms with Gasteiger partial charge in [0.05, 0.1) is 10.9 Å². The van der Waals surface area contributed by atoms with Crippen molar-refractivity contribution in [1.82, 2.24) is 20.2 Å². The topological polar surface area (TPSA) is 108 Å². The van der Waals surface area contributed by atoms with Crippen molar-refractivity contribution in [2.24, 2.45) is 0 Å². The van der Waals surface area contributed by atoms with Gasteiger partial charge in [0.2, 0.25) is 0 Å². The zero-order valence-corrected chi connectivity index (χ0v) is 16.3. The summed E-state index contributed by atoms with van der Waals surface area (Å²) in [5.74, 6) is -0.451. The first-order valence-electron chi connectivity index (χ1n) is 9.54. The number of hydrogen-bond acceptors (Lipinski definition) is 5. The number of amides is 2. The molecule has 0 spiro atoms. The van der Waals surface area contributed by atoms with Crippen LogP contribution >= 0.6 is 0 Å². The van der Waals surface area contributed by atoms with Gasteiger partial charge in [-0.05, 0) is 30.7 Å². The first-order chi connectivity index (χ1) is 14.5. The normalized spacial score (nSPS) is 11.0. The fourth-order valence-electron chi connectivity index (χ4n) is 3.17. The molecule has 0 saturated heterocycles. The predicted molar refractivity (Wildman–Crippen MR) is 112 cm³/mol. The molecule has 0 bridgehead atoms. The minimum absolute atomic E-state index is 0.0367. The lowest BCUT2D eigenvalue weighted by Gasteiger charge is -2.15. The van der Waals surface area contributed by atoms with Crippen molar-refractivity contribution in [1.29, 1.82) is 0 Å². The molecule has 0 radical (unpaired) electrons. The average Bonchev–Trinajstić information content (AvgIpc) is 3.20. The third kappa shape index (κ3) is 3.93. The lowest BCUT2D eigenvalue weighted by molar-refractivity contribution is 0.0764. The molecule has 4 aromatic rings. The fraction of sp³-hybridized carbons (Fsp3) is 0.182. The molecule has 8 heteroatoms. The summed E-state index contributed by atoms with van der Waals surface area (Å²) >= 11 is 0. The molecule has 0 aliphatic rings. The van der Waals surface area contributed by atoms with Crippen LogP contribution in [-0.2, 0) is 0 Å². The molecule has 0 atom stereocenters. The van der Waals surface area contributed by atoms with Gasteiger partial charge >= 0.3 is 0 Å². The van der Waals surface area contributed by atoms with Crippen LogP contribution in [0, 0.1) is 0 Å². The van der Waals surface area contributed by atoms with Crippen LogP contribution < -0.4 is 10.9 Å². The molecule has 0 fully saturated rings. The van der Waals surface area contributed by atoms with Gasteiger partial charge in [-0.2, -0.15) is 0 Å². The number of aromatic nitrogens is 2. The van der Waals surface area contributed by atoms with Crippen LogP contribution in [0.4, 0.5) is 0 Å². The van der Waals surface area contributed by atoms with Crippen LogP contribution in [0.25, 0.3) is 21.9 Å². The number of rotatable bonds is 6. The minimum Gasteiger partial charge on any atom is -0.451 e. The Hall–Kier alpha value is -3.94. The zero-order chi connectivity index (χ0) is 21.1. The van der Waals surface area contributed by atoms with E-state index in [4.69, 9.17) is 4.42 Å². The van der Waals surface area contributed by atoms with Gasteiger partial charge in [0.25, 0.3) is 17.4 Å². The number of fused-ring (bicyclic) bond motifs is 2. The molecular weight excluding hydrogens is 384 g/mol. The Labute approximate surface area is 171 Å². The second kappa shape index (κ2) is 8.20. The Morgan fingerprint density at radius 3 is 2.73 bits per heavy atom. The number of furan rings is 1. The van der Waals surface area contributed by atoms with Gasteiger partial charge in [-0.25, -0.2) is 4.98 Å². The Bertz CT molecular complexity index is 1260. The third-order valence-electron chi connectivity index (χ3n) is 4.77. The molecule has 0 aliphatic carbocycles. The number of carbonyl (C=O) groups excluding carboxylic acids is 2. The van der Waals surface area contributed by atoms with E-state index in [2.05, 4.69) is 15.3 Å². The molecule has 2 amide bonds. The van der Waals surface area contributed by atoms with Crippen molar-refractivity contribution in [2.75, 3.05) is 20.1 Å². The van der Waals surface area contributed by atoms with Gasteiger partial charge in [0.15, 0.2) is 11.6 Å². The van der Waals surface area contributed by atoms with Gasteiger partial charge < -0.3 is 19.6 Å². The summed E-state index contributed by atoms with van der Waals surface area (Å²) in [5, 5.41) is 4.02. The molecule has 0 aliphatic heterocycles. The molecule has 4 rings (SSSR count). The monoisotopic (exact) mass is 404 g/mol. The van der Waals surface area contributed by atoms with Gasteiger partial charge in [-0.1, -0.05) is 30.3 Å². The molecule has 2 heterocycles. The van der Waals surface area contributed by atoms with Crippen LogP contribution in [0.15, 0.2) is 63.8 Å². The highest BCUT2D eigenvalue weighted by molar-refractivity contribution is 5.96. The lowest BCUT2D eigenvalue weighted by Crippen LogP contribution is -2.32. The van der Waals surface area contributed by atoms with Crippen LogP contribution in [0.1, 0.15) is 27.6 Å². The molecule has 2 aromatic heterocycles. The second-order valence-electron chi connectivity index (χ2n) is 6.92. The second-order valence-corrected chi connectivity index (χ2v) is 6.92. The molecule has 8 nitrogen and oxygen atoms in total. The molecule has 0 unspecified atom stereocenters. The number of nitrogens with one attached hydrogen (secondary N) is 2. The molecule has 152 valence electrons. The Morgan fingerprint density at radius 2 is 1.90 bits per heavy atom. The summed E-state index contributed by atoms with van der Waals surface area (Å²) in [7, 11) is 1.68. The number of carbonyl (C=O) groups is 2. The van der Waals surface area contributed by atoms with Gasteiger partial charge in [-0.3, -0.25) is 14.4 Å². The van der Waals surface area contributed by atoms with Gasteiger partial charge in [0, 0.05) is 25.5 Å². The lowest BCUT2D eigenvalue weighted by atomic mass is 10.2. The van der Waals surface area contributed by atoms with E-state index >= 15 is 0 Å². The molecule has 2 N–H and O–H groups in total. The Kier molecular flexibility index (Phi) is 5.30. The Balaban J connectivity index is 1.31. The van der Waals surface area contributed by atoms with Crippen molar-refractivity contribution in [2.45, 2.75) is 6.42 Å². The van der Waals surface area contributed by atoms with Crippen molar-refractivity contribution in [3.8, 4) is 0 Å². The molecular formula is C22H20N4O4. The Morgan fingerprint density at radius 1 is 1.13 bits per heavy atom. The summed E-state index contributed by atoms with van der Waals surface area (Å²) in [4.78, 5) is 45.1. The minimum atomic E-state index is -0.468. The molecule has 2 aromatic carbocycles. The van der Waals surface area contributed by atoms with E-state index in [0.717, 1.165) is 5.39 Å². The summed E-state index contributed by atoms with van der Waals surface area (Å²) in [6.45, 7) is 0.755. The highest BCUT2D eigenvalue weighted by Gasteiger charge is 2.17. The number of hydrogen-bond donors (Lipinski definition) is 2. The molecule has 30 heavy (non-hydrogen) atoms. The first-order valence-corrected chi connectivity index (χ1v) is 9.54. The van der Waals surface area contributed by atoms with Crippen molar-refractivity contribution >= 4 is 33.7 Å². The quantitative estimate of drug-likeness (QED) is 0.480. The van der Waals surface area contributed by atoms with E-state index in [1.807, 2.05) is 24.3 Å². The summed E-state index contributed by atoms with van der Waals surface area (Å²) < 4.78 is 5.60. The van der Waals surface area contributed by atoms with Crippen molar-refractivity contribution in [3.05, 3.63) is 76.5 Å². The van der Waals surface area contributed by atoms with Crippen LogP contribution in [0.5, 0.6) is 0 Å². The predicted octanol–water partition coefficient (Wildman–Crippen LogP) is 2.56. The van der Waals surface area contributed by atoms with E-state index in [0.29, 0.717) is 36.0 Å². The van der Waals surface area contributed by atoms with Crippen molar-refractivity contribution < 1.29 is 14.0 Å². The van der Waals surface area contributed by atoms with Crippen LogP contribution in [-0.4, -0.2) is 46.8 Å². The van der Waals surface area contributed by atoms with E-state index in [9.17, 15) is 14.4 Å². The highest BCUT2D eigenvalue weighted by Crippen LogP contribution is 2.19. The third-order valence-corrected chi connectivity index (χ3v) is 4.77. The number of aromatic amines is 1. The van der Waals surface area contributed by atoms with Crippen LogP contribution in [0.3, 0.4) is 0 Å². The van der Waals surface area contributed by atoms with Gasteiger partial charge in [-0.15, -0.1) is 0 Å². The SMILES string of the molecule is CN(CCCNC(=O)c1nc2ccccc2c(=O)[nH]1)C(=O)c1cc2ccccc2o1. The summed E-state index contributed by atoms with van der Waals surface area (Å²) in [6.07, 6.45) is 0.534. The van der Waals surface area contributed by atoms with E-state index in [1.54, 1.807) is 42.3 Å². The van der Waals surface area contributed by atoms with Crippen LogP contribution in [0.2, 0.25) is 0 Å². The zero-order valence-electron chi connectivity index (χ0n) is 16.3. The standard InChI is InChI=1S/C22H20N4O4/c1-26(22(29)18-13-14-7-2-5-10-17(14)30-18)12-6-11-23-21(28)19-24-16-9-4-3-8-15(16)20(27)25-19/h2-5,7-10,13H,6,11-12H2,1H3,(H,23,28)(H,24,25,27). The number of benzene rings is 2. The number of para-hydroxylation sites is 2. The smallest absolute Gasteiger partial charge is 0.289 e. The fourth-order valence-corrected chi connectivity index (χ4v) is 3.17. The largest absolute Gasteiger partial charge is 0.451 e. The summed E-state index contributed by atoms with van der Waals surface area (Å²) in [6, 6.07) is 16.0. The van der Waals surface area contributed by atoms with E-state index < -0.39 is 5.91 Å². The maximum Gasteiger partial charge on any atom is 0.289 e. The van der Waals surface area contributed by atoms with Gasteiger partial charge in [0.1, 0.15) is 5.58 Å². The van der Waals surface area contributed by atoms with E-state index in [-0.39, 0.29) is 23.1 Å². The number of H-pyrrole nitrogens is 1.